The molecule has 0 aliphatic carbocycles. The highest BCUT2D eigenvalue weighted by Crippen LogP contribution is 2.27. The molecule has 0 fully saturated rings. The van der Waals surface area contributed by atoms with E-state index < -0.39 is 0 Å². The quantitative estimate of drug-likeness (QED) is 0.874. The van der Waals surface area contributed by atoms with Gasteiger partial charge in [0.25, 0.3) is 0 Å². The Labute approximate surface area is 106 Å². The van der Waals surface area contributed by atoms with Crippen molar-refractivity contribution in [2.75, 3.05) is 13.2 Å². The van der Waals surface area contributed by atoms with Gasteiger partial charge in [-0.2, -0.15) is 0 Å². The van der Waals surface area contributed by atoms with E-state index in [0.29, 0.717) is 12.5 Å². The van der Waals surface area contributed by atoms with E-state index in [1.165, 1.54) is 11.1 Å². The van der Waals surface area contributed by atoms with Gasteiger partial charge in [-0.1, -0.05) is 35.0 Å². The third kappa shape index (κ3) is 3.58. The third-order valence-corrected chi connectivity index (χ3v) is 3.90. The Bertz CT molecular complexity index is 337. The number of aliphatic hydroxyl groups excluding tert-OH is 1. The van der Waals surface area contributed by atoms with E-state index in [0.717, 1.165) is 10.9 Å². The van der Waals surface area contributed by atoms with Crippen molar-refractivity contribution >= 4 is 15.9 Å². The average molecular weight is 286 g/mol. The zero-order chi connectivity index (χ0) is 12.1. The summed E-state index contributed by atoms with van der Waals surface area (Å²) in [4.78, 5) is 0. The van der Waals surface area contributed by atoms with Crippen LogP contribution in [0.5, 0.6) is 0 Å². The van der Waals surface area contributed by atoms with Crippen LogP contribution in [0.4, 0.5) is 0 Å². The number of halogens is 1. The van der Waals surface area contributed by atoms with Gasteiger partial charge in [0.2, 0.25) is 0 Å². The molecule has 0 spiro atoms. The van der Waals surface area contributed by atoms with Crippen LogP contribution in [0.15, 0.2) is 22.7 Å². The summed E-state index contributed by atoms with van der Waals surface area (Å²) in [5, 5.41) is 9.13. The topological polar surface area (TPSA) is 46.2 Å². The van der Waals surface area contributed by atoms with Crippen molar-refractivity contribution in [3.8, 4) is 0 Å². The summed E-state index contributed by atoms with van der Waals surface area (Å²) < 4.78 is 1.14. The van der Waals surface area contributed by atoms with Crippen molar-refractivity contribution in [2.45, 2.75) is 26.2 Å². The Morgan fingerprint density at radius 2 is 2.12 bits per heavy atom. The molecule has 0 saturated heterocycles. The van der Waals surface area contributed by atoms with Gasteiger partial charge in [-0.05, 0) is 48.9 Å². The maximum absolute atomic E-state index is 9.13. The van der Waals surface area contributed by atoms with E-state index in [-0.39, 0.29) is 12.5 Å². The molecule has 0 amide bonds. The van der Waals surface area contributed by atoms with Crippen molar-refractivity contribution < 1.29 is 5.11 Å². The first-order valence-electron chi connectivity index (χ1n) is 5.65. The Kier molecular flexibility index (Phi) is 5.46. The number of hydrogen-bond acceptors (Lipinski definition) is 2. The molecular weight excluding hydrogens is 266 g/mol. The van der Waals surface area contributed by atoms with E-state index >= 15 is 0 Å². The predicted molar refractivity (Wildman–Crippen MR) is 71.5 cm³/mol. The lowest BCUT2D eigenvalue weighted by atomic mass is 9.90. The number of nitrogens with two attached hydrogens (primary N) is 1. The summed E-state index contributed by atoms with van der Waals surface area (Å²) >= 11 is 3.54. The number of hydrogen-bond donors (Lipinski definition) is 2. The first kappa shape index (κ1) is 13.7. The van der Waals surface area contributed by atoms with Crippen molar-refractivity contribution in [1.29, 1.82) is 0 Å². The molecule has 0 aliphatic rings. The SMILES string of the molecule is Cc1ccc(C(C)CC(CN)CO)cc1Br. The lowest BCUT2D eigenvalue weighted by Gasteiger charge is -2.18. The van der Waals surface area contributed by atoms with E-state index in [1.807, 2.05) is 0 Å². The van der Waals surface area contributed by atoms with Gasteiger partial charge in [0.05, 0.1) is 0 Å². The number of aliphatic hydroxyl groups is 1. The Hall–Kier alpha value is -0.380. The van der Waals surface area contributed by atoms with Crippen LogP contribution >= 0.6 is 15.9 Å². The Morgan fingerprint density at radius 3 is 2.62 bits per heavy atom. The Balaban J connectivity index is 2.72. The minimum absolute atomic E-state index is 0.174. The maximum atomic E-state index is 9.13. The summed E-state index contributed by atoms with van der Waals surface area (Å²) in [7, 11) is 0. The molecule has 3 N–H and O–H groups in total. The fourth-order valence-electron chi connectivity index (χ4n) is 1.80. The van der Waals surface area contributed by atoms with Crippen molar-refractivity contribution in [3.63, 3.8) is 0 Å². The molecule has 0 saturated carbocycles. The lowest BCUT2D eigenvalue weighted by molar-refractivity contribution is 0.217. The van der Waals surface area contributed by atoms with Gasteiger partial charge in [0.1, 0.15) is 0 Å². The molecule has 0 aromatic heterocycles. The molecule has 0 aliphatic heterocycles. The van der Waals surface area contributed by atoms with Crippen molar-refractivity contribution in [3.05, 3.63) is 33.8 Å². The zero-order valence-electron chi connectivity index (χ0n) is 9.91. The van der Waals surface area contributed by atoms with Gasteiger partial charge in [0.15, 0.2) is 0 Å². The summed E-state index contributed by atoms with van der Waals surface area (Å²) in [6, 6.07) is 6.42. The number of aryl methyl sites for hydroxylation is 1. The van der Waals surface area contributed by atoms with Crippen LogP contribution in [0.3, 0.4) is 0 Å². The fraction of sp³-hybridized carbons (Fsp3) is 0.538. The summed E-state index contributed by atoms with van der Waals surface area (Å²) in [6.07, 6.45) is 0.933. The molecule has 2 atom stereocenters. The molecule has 1 aromatic carbocycles. The van der Waals surface area contributed by atoms with E-state index in [4.69, 9.17) is 10.8 Å². The molecule has 1 rings (SSSR count). The minimum Gasteiger partial charge on any atom is -0.396 e. The molecule has 16 heavy (non-hydrogen) atoms. The van der Waals surface area contributed by atoms with Gasteiger partial charge >= 0.3 is 0 Å². The second-order valence-corrected chi connectivity index (χ2v) is 5.28. The third-order valence-electron chi connectivity index (χ3n) is 3.04. The van der Waals surface area contributed by atoms with E-state index in [1.54, 1.807) is 0 Å². The second kappa shape index (κ2) is 6.38. The molecule has 2 unspecified atom stereocenters. The first-order valence-corrected chi connectivity index (χ1v) is 6.44. The number of rotatable bonds is 5. The maximum Gasteiger partial charge on any atom is 0.0471 e. The van der Waals surface area contributed by atoms with Gasteiger partial charge in [-0.15, -0.1) is 0 Å². The highest BCUT2D eigenvalue weighted by molar-refractivity contribution is 9.10. The molecule has 3 heteroatoms. The van der Waals surface area contributed by atoms with Crippen LogP contribution < -0.4 is 5.73 Å². The molecule has 2 nitrogen and oxygen atoms in total. The molecule has 0 radical (unpaired) electrons. The zero-order valence-corrected chi connectivity index (χ0v) is 11.5. The fourth-order valence-corrected chi connectivity index (χ4v) is 2.19. The minimum atomic E-state index is 0.174. The summed E-state index contributed by atoms with van der Waals surface area (Å²) in [5.74, 6) is 0.632. The van der Waals surface area contributed by atoms with Gasteiger partial charge in [0, 0.05) is 11.1 Å². The Morgan fingerprint density at radius 1 is 1.44 bits per heavy atom. The summed E-state index contributed by atoms with van der Waals surface area (Å²) in [5.41, 5.74) is 8.13. The number of benzene rings is 1. The monoisotopic (exact) mass is 285 g/mol. The van der Waals surface area contributed by atoms with Gasteiger partial charge < -0.3 is 10.8 Å². The second-order valence-electron chi connectivity index (χ2n) is 4.43. The molecular formula is C13H20BrNO. The molecule has 0 bridgehead atoms. The molecule has 0 heterocycles. The standard InChI is InChI=1S/C13H20BrNO/c1-9-3-4-12(6-13(9)14)10(2)5-11(7-15)8-16/h3-4,6,10-11,16H,5,7-8,15H2,1-2H3. The van der Waals surface area contributed by atoms with E-state index in [9.17, 15) is 0 Å². The normalized spacial score (nSPS) is 14.8. The van der Waals surface area contributed by atoms with Crippen molar-refractivity contribution in [1.82, 2.24) is 0 Å². The smallest absolute Gasteiger partial charge is 0.0471 e. The first-order chi connectivity index (χ1) is 7.58. The van der Waals surface area contributed by atoms with Crippen molar-refractivity contribution in [2.24, 2.45) is 11.7 Å². The van der Waals surface area contributed by atoms with Crippen LogP contribution in [-0.2, 0) is 0 Å². The van der Waals surface area contributed by atoms with Crippen LogP contribution in [0.1, 0.15) is 30.4 Å². The van der Waals surface area contributed by atoms with E-state index in [2.05, 4.69) is 48.0 Å². The lowest BCUT2D eigenvalue weighted by Crippen LogP contribution is -2.20. The highest BCUT2D eigenvalue weighted by atomic mass is 79.9. The van der Waals surface area contributed by atoms with Gasteiger partial charge in [-0.25, -0.2) is 0 Å². The average Bonchev–Trinajstić information content (AvgIpc) is 2.29. The van der Waals surface area contributed by atoms with Crippen LogP contribution in [0.25, 0.3) is 0 Å². The molecule has 90 valence electrons. The summed E-state index contributed by atoms with van der Waals surface area (Å²) in [6.45, 7) is 4.98. The predicted octanol–water partition coefficient (Wildman–Crippen LogP) is 2.82. The molecule has 1 aromatic rings. The largest absolute Gasteiger partial charge is 0.396 e. The van der Waals surface area contributed by atoms with Gasteiger partial charge in [-0.3, -0.25) is 0 Å². The van der Waals surface area contributed by atoms with Crippen LogP contribution in [-0.4, -0.2) is 18.3 Å². The van der Waals surface area contributed by atoms with Crippen LogP contribution in [0.2, 0.25) is 0 Å². The van der Waals surface area contributed by atoms with Crippen LogP contribution in [0, 0.1) is 12.8 Å². The highest BCUT2D eigenvalue weighted by Gasteiger charge is 2.13.